The summed E-state index contributed by atoms with van der Waals surface area (Å²) in [5, 5.41) is 16.7. The van der Waals surface area contributed by atoms with Gasteiger partial charge in [-0.3, -0.25) is 28.8 Å². The first-order valence-electron chi connectivity index (χ1n) is 10.9. The van der Waals surface area contributed by atoms with Crippen molar-refractivity contribution in [2.24, 2.45) is 5.92 Å². The molecular weight excluding hydrogens is 434 g/mol. The molecule has 1 aromatic rings. The van der Waals surface area contributed by atoms with Crippen LogP contribution in [0.3, 0.4) is 0 Å². The zero-order valence-corrected chi connectivity index (χ0v) is 18.6. The predicted octanol–water partition coefficient (Wildman–Crippen LogP) is -0.978. The van der Waals surface area contributed by atoms with E-state index >= 15 is 0 Å². The van der Waals surface area contributed by atoms with E-state index in [2.05, 4.69) is 16.0 Å². The van der Waals surface area contributed by atoms with Crippen LogP contribution >= 0.6 is 0 Å². The number of benzene rings is 1. The quantitative estimate of drug-likeness (QED) is 0.152. The van der Waals surface area contributed by atoms with Crippen LogP contribution in [-0.2, 0) is 25.6 Å². The Balaban J connectivity index is 2.16. The van der Waals surface area contributed by atoms with Gasteiger partial charge in [-0.05, 0) is 37.0 Å². The van der Waals surface area contributed by atoms with Gasteiger partial charge in [-0.25, -0.2) is 5.48 Å². The van der Waals surface area contributed by atoms with Gasteiger partial charge in [-0.2, -0.15) is 0 Å². The van der Waals surface area contributed by atoms with Crippen molar-refractivity contribution in [3.8, 4) is 5.75 Å². The molecule has 0 saturated carbocycles. The highest BCUT2D eigenvalue weighted by Gasteiger charge is 2.32. The Labute approximate surface area is 192 Å². The molecule has 12 heteroatoms. The molecule has 0 radical (unpaired) electrons. The molecule has 0 aliphatic carbocycles. The lowest BCUT2D eigenvalue weighted by molar-refractivity contribution is -0.137. The van der Waals surface area contributed by atoms with Gasteiger partial charge in [-0.1, -0.05) is 12.1 Å². The lowest BCUT2D eigenvalue weighted by atomic mass is 9.73. The first-order valence-corrected chi connectivity index (χ1v) is 10.9. The lowest BCUT2D eigenvalue weighted by Crippen LogP contribution is -2.51. The van der Waals surface area contributed by atoms with Crippen LogP contribution in [0.1, 0.15) is 24.8 Å². The number of fused-ring (bicyclic) bond motifs is 11. The third-order valence-electron chi connectivity index (χ3n) is 5.44. The Kier molecular flexibility index (Phi) is 10.6. The van der Waals surface area contributed by atoms with Crippen molar-refractivity contribution >= 4 is 31.5 Å². The van der Waals surface area contributed by atoms with E-state index in [0.29, 0.717) is 18.8 Å². The highest BCUT2D eigenvalue weighted by molar-refractivity contribution is 6.25. The van der Waals surface area contributed by atoms with E-state index in [9.17, 15) is 23.6 Å². The zero-order chi connectivity index (χ0) is 24.2. The van der Waals surface area contributed by atoms with Gasteiger partial charge in [0.25, 0.3) is 0 Å². The lowest BCUT2D eigenvalue weighted by Gasteiger charge is -2.25. The normalized spacial score (nSPS) is 21.2. The van der Waals surface area contributed by atoms with Crippen LogP contribution in [0.25, 0.3) is 0 Å². The van der Waals surface area contributed by atoms with Crippen molar-refractivity contribution in [2.75, 3.05) is 26.4 Å². The second-order valence-corrected chi connectivity index (χ2v) is 7.88. The second-order valence-electron chi connectivity index (χ2n) is 7.88. The van der Waals surface area contributed by atoms with Crippen LogP contribution in [0.15, 0.2) is 24.3 Å². The van der Waals surface area contributed by atoms with Crippen molar-refractivity contribution in [3.63, 3.8) is 0 Å². The molecule has 10 nitrogen and oxygen atoms in total. The fraction of sp³-hybridized carbons (Fsp3) is 0.524. The van der Waals surface area contributed by atoms with Crippen molar-refractivity contribution in [3.05, 3.63) is 29.8 Å². The summed E-state index contributed by atoms with van der Waals surface area (Å²) in [7, 11) is 1.54. The van der Waals surface area contributed by atoms with E-state index in [0.717, 1.165) is 5.56 Å². The molecule has 2 aliphatic rings. The highest BCUT2D eigenvalue weighted by atomic mass is 19.1. The number of rotatable bonds is 7. The molecule has 3 rings (SSSR count). The number of carbonyl (C=O) groups is 4. The summed E-state index contributed by atoms with van der Waals surface area (Å²) in [6.07, 6.45) is 1.08. The van der Waals surface area contributed by atoms with Gasteiger partial charge < -0.3 is 20.7 Å². The zero-order valence-electron chi connectivity index (χ0n) is 18.6. The number of halogens is 1. The monoisotopic (exact) mass is 464 g/mol. The molecule has 5 N–H and O–H groups in total. The molecule has 0 unspecified atom stereocenters. The first-order chi connectivity index (χ1) is 15.8. The van der Waals surface area contributed by atoms with E-state index in [-0.39, 0.29) is 32.4 Å². The number of hydroxylamine groups is 1. The Morgan fingerprint density at radius 1 is 1.18 bits per heavy atom. The van der Waals surface area contributed by atoms with Crippen LogP contribution < -0.4 is 26.2 Å². The number of amides is 4. The van der Waals surface area contributed by atoms with E-state index in [4.69, 9.17) is 9.94 Å². The molecule has 33 heavy (non-hydrogen) atoms. The maximum atomic E-state index is 12.9. The van der Waals surface area contributed by atoms with Gasteiger partial charge in [0.1, 0.15) is 19.6 Å². The van der Waals surface area contributed by atoms with Gasteiger partial charge in [0.2, 0.25) is 23.6 Å². The third kappa shape index (κ3) is 8.37. The molecule has 180 valence electrons. The molecule has 3 atom stereocenters. The molecule has 0 saturated heterocycles. The molecule has 1 aromatic carbocycles. The summed E-state index contributed by atoms with van der Waals surface area (Å²) >= 11 is 0. The minimum absolute atomic E-state index is 0.144. The summed E-state index contributed by atoms with van der Waals surface area (Å²) in [5.41, 5.74) is 2.35. The summed E-state index contributed by atoms with van der Waals surface area (Å²) in [6, 6.07) is 6.05. The molecule has 2 heterocycles. The van der Waals surface area contributed by atoms with E-state index in [1.165, 1.54) is 0 Å². The van der Waals surface area contributed by atoms with E-state index in [1.807, 2.05) is 0 Å². The average molecular weight is 464 g/mol. The topological polar surface area (TPSA) is 146 Å². The van der Waals surface area contributed by atoms with Crippen LogP contribution in [0.2, 0.25) is 5.82 Å². The minimum atomic E-state index is -1.01. The van der Waals surface area contributed by atoms with Crippen molar-refractivity contribution in [1.82, 2.24) is 21.4 Å². The average Bonchev–Trinajstić information content (AvgIpc) is 2.82. The van der Waals surface area contributed by atoms with Gasteiger partial charge in [0, 0.05) is 24.7 Å². The number of carbonyl (C=O) groups excluding carboxylic acids is 4. The highest BCUT2D eigenvalue weighted by Crippen LogP contribution is 2.23. The number of ether oxygens (including phenoxy) is 1. The van der Waals surface area contributed by atoms with Crippen molar-refractivity contribution in [2.45, 2.75) is 37.5 Å². The molecule has 2 bridgehead atoms. The summed E-state index contributed by atoms with van der Waals surface area (Å²) in [6.45, 7) is -0.389. The molecule has 0 spiro atoms. The third-order valence-corrected chi connectivity index (χ3v) is 5.44. The van der Waals surface area contributed by atoms with Gasteiger partial charge in [0.05, 0.1) is 19.8 Å². The number of hydrogen-bond acceptors (Lipinski definition) is 6. The number of alkyl halides is 1. The Hall–Kier alpha value is -3.15. The first kappa shape index (κ1) is 26.1. The largest absolute Gasteiger partial charge is 0.494 e. The van der Waals surface area contributed by atoms with Gasteiger partial charge >= 0.3 is 0 Å². The Morgan fingerprint density at radius 3 is 2.58 bits per heavy atom. The Bertz CT molecular complexity index is 825. The van der Waals surface area contributed by atoms with Crippen LogP contribution in [0, 0.1) is 5.92 Å². The Morgan fingerprint density at radius 2 is 1.91 bits per heavy atom. The molecule has 2 aliphatic heterocycles. The fourth-order valence-electron chi connectivity index (χ4n) is 3.48. The molecule has 0 fully saturated rings. The number of nitrogens with one attached hydrogen (secondary N) is 4. The molecule has 4 amide bonds. The minimum Gasteiger partial charge on any atom is -0.494 e. The van der Waals surface area contributed by atoms with Crippen LogP contribution in [-0.4, -0.2) is 69.1 Å². The van der Waals surface area contributed by atoms with Crippen LogP contribution in [0.5, 0.6) is 5.75 Å². The predicted molar refractivity (Wildman–Crippen MR) is 119 cm³/mol. The van der Waals surface area contributed by atoms with E-state index < -0.39 is 48.1 Å². The van der Waals surface area contributed by atoms with Crippen molar-refractivity contribution in [1.29, 1.82) is 0 Å². The summed E-state index contributed by atoms with van der Waals surface area (Å²) in [4.78, 5) is 49.7. The standard InChI is InChI=1S/C21H30BFN4O6/c22-18-15(19(29)27-32)3-1-10-33-14-6-4-13(5-7-14)11-16(26-21(18)31)20(30)25-12-17(28)24-9-2-8-23/h4-7,15-16,18,32H,1-3,8-12,22H2,(H,24,28)(H,25,30)(H,26,31)(H,27,29)/t15-,16-,18+/m0/s1. The van der Waals surface area contributed by atoms with Crippen molar-refractivity contribution < 1.29 is 33.5 Å². The SMILES string of the molecule is B[C@H]1C(=O)N[C@H](C(=O)NCC(=O)NCCCF)Cc2ccc(cc2)OCCC[C@@H]1C(=O)NO. The number of hydrogen-bond donors (Lipinski definition) is 5. The smallest absolute Gasteiger partial charge is 0.246 e. The molecule has 0 aromatic heterocycles. The van der Waals surface area contributed by atoms with E-state index in [1.54, 1.807) is 37.6 Å². The maximum Gasteiger partial charge on any atom is 0.246 e. The fourth-order valence-corrected chi connectivity index (χ4v) is 3.48. The molecular formula is C21H30BFN4O6. The van der Waals surface area contributed by atoms with Crippen LogP contribution in [0.4, 0.5) is 4.39 Å². The maximum absolute atomic E-state index is 12.9. The summed E-state index contributed by atoms with van der Waals surface area (Å²) < 4.78 is 17.8. The van der Waals surface area contributed by atoms with Gasteiger partial charge in [0.15, 0.2) is 0 Å². The summed E-state index contributed by atoms with van der Waals surface area (Å²) in [5.74, 6) is -3.31. The second kappa shape index (κ2) is 13.4. The van der Waals surface area contributed by atoms with Gasteiger partial charge in [-0.15, -0.1) is 0 Å².